The van der Waals surface area contributed by atoms with E-state index in [-0.39, 0.29) is 11.7 Å². The van der Waals surface area contributed by atoms with E-state index in [4.69, 9.17) is 4.74 Å². The Labute approximate surface area is 167 Å². The van der Waals surface area contributed by atoms with Gasteiger partial charge in [-0.25, -0.2) is 4.79 Å². The lowest BCUT2D eigenvalue weighted by Gasteiger charge is -2.35. The number of nitriles is 1. The summed E-state index contributed by atoms with van der Waals surface area (Å²) >= 11 is 3.33. The number of nitrogens with zero attached hydrogens (tertiary/aromatic N) is 3. The molecule has 1 saturated heterocycles. The van der Waals surface area contributed by atoms with Crippen molar-refractivity contribution in [3.8, 4) is 6.07 Å². The van der Waals surface area contributed by atoms with E-state index in [0.717, 1.165) is 4.47 Å². The summed E-state index contributed by atoms with van der Waals surface area (Å²) in [6.07, 6.45) is 1.19. The molecule has 2 rings (SSSR count). The molecular formula is C19H23BrN4O3. The van der Waals surface area contributed by atoms with Crippen molar-refractivity contribution in [1.29, 1.82) is 5.26 Å². The Hall–Kier alpha value is -2.53. The summed E-state index contributed by atoms with van der Waals surface area (Å²) in [4.78, 5) is 27.9. The van der Waals surface area contributed by atoms with Gasteiger partial charge in [-0.3, -0.25) is 4.79 Å². The molecule has 0 aliphatic carbocycles. The number of rotatable bonds is 3. The van der Waals surface area contributed by atoms with E-state index in [1.807, 2.05) is 31.7 Å². The van der Waals surface area contributed by atoms with Gasteiger partial charge in [0, 0.05) is 42.5 Å². The Morgan fingerprint density at radius 3 is 2.30 bits per heavy atom. The molecule has 0 spiro atoms. The number of carbonyl (C=O) groups is 2. The summed E-state index contributed by atoms with van der Waals surface area (Å²) in [7, 11) is 0. The van der Waals surface area contributed by atoms with Crippen LogP contribution < -0.4 is 5.32 Å². The van der Waals surface area contributed by atoms with Crippen LogP contribution in [-0.4, -0.2) is 53.6 Å². The maximum absolute atomic E-state index is 12.3. The van der Waals surface area contributed by atoms with Gasteiger partial charge in [-0.2, -0.15) is 5.26 Å². The van der Waals surface area contributed by atoms with Crippen LogP contribution in [-0.2, 0) is 9.53 Å². The second-order valence-electron chi connectivity index (χ2n) is 7.12. The molecule has 0 unspecified atom stereocenters. The van der Waals surface area contributed by atoms with Crippen LogP contribution in [0.5, 0.6) is 0 Å². The first-order valence-corrected chi connectivity index (χ1v) is 9.38. The molecule has 1 heterocycles. The number of ether oxygens (including phenoxy) is 1. The smallest absolute Gasteiger partial charge is 0.410 e. The topological polar surface area (TPSA) is 85.7 Å². The average Bonchev–Trinajstić information content (AvgIpc) is 2.60. The van der Waals surface area contributed by atoms with Crippen LogP contribution in [0.3, 0.4) is 0 Å². The monoisotopic (exact) mass is 434 g/mol. The summed E-state index contributed by atoms with van der Waals surface area (Å²) in [5.74, 6) is -0.464. The normalized spacial score (nSPS) is 15.1. The van der Waals surface area contributed by atoms with Gasteiger partial charge >= 0.3 is 6.09 Å². The predicted molar refractivity (Wildman–Crippen MR) is 106 cm³/mol. The van der Waals surface area contributed by atoms with E-state index in [1.54, 1.807) is 35.4 Å². The van der Waals surface area contributed by atoms with Crippen molar-refractivity contribution in [2.24, 2.45) is 0 Å². The Balaban J connectivity index is 1.93. The van der Waals surface area contributed by atoms with E-state index in [2.05, 4.69) is 21.2 Å². The summed E-state index contributed by atoms with van der Waals surface area (Å²) in [6, 6.07) is 9.05. The zero-order valence-corrected chi connectivity index (χ0v) is 17.2. The molecule has 0 saturated carbocycles. The van der Waals surface area contributed by atoms with Gasteiger partial charge in [-0.15, -0.1) is 0 Å². The van der Waals surface area contributed by atoms with Crippen molar-refractivity contribution in [1.82, 2.24) is 9.80 Å². The standard InChI is InChI=1S/C19H23BrN4O3/c1-19(2,3)27-18(26)24-10-8-23(9-11-24)13-14(12-21)17(25)22-16-6-4-15(20)5-7-16/h4-7,13H,8-11H2,1-3H3,(H,22,25)/b14-13-. The van der Waals surface area contributed by atoms with E-state index < -0.39 is 11.5 Å². The first-order valence-electron chi connectivity index (χ1n) is 8.59. The molecule has 0 atom stereocenters. The molecule has 27 heavy (non-hydrogen) atoms. The molecule has 1 aliphatic heterocycles. The number of amides is 2. The second-order valence-corrected chi connectivity index (χ2v) is 8.03. The minimum atomic E-state index is -0.535. The highest BCUT2D eigenvalue weighted by Gasteiger charge is 2.25. The molecule has 1 aromatic rings. The molecular weight excluding hydrogens is 412 g/mol. The number of anilines is 1. The predicted octanol–water partition coefficient (Wildman–Crippen LogP) is 3.35. The van der Waals surface area contributed by atoms with E-state index in [0.29, 0.717) is 31.9 Å². The highest BCUT2D eigenvalue weighted by Crippen LogP contribution is 2.16. The van der Waals surface area contributed by atoms with Crippen molar-refractivity contribution in [2.45, 2.75) is 26.4 Å². The molecule has 2 amide bonds. The Kier molecular flexibility index (Phi) is 6.86. The van der Waals surface area contributed by atoms with Crippen molar-refractivity contribution in [3.05, 3.63) is 40.5 Å². The fourth-order valence-corrected chi connectivity index (χ4v) is 2.68. The lowest BCUT2D eigenvalue weighted by Crippen LogP contribution is -2.48. The molecule has 7 nitrogen and oxygen atoms in total. The van der Waals surface area contributed by atoms with Crippen LogP contribution in [0.2, 0.25) is 0 Å². The van der Waals surface area contributed by atoms with E-state index in [9.17, 15) is 14.9 Å². The van der Waals surface area contributed by atoms with Gasteiger partial charge in [0.25, 0.3) is 5.91 Å². The lowest BCUT2D eigenvalue weighted by molar-refractivity contribution is -0.112. The van der Waals surface area contributed by atoms with Crippen LogP contribution in [0, 0.1) is 11.3 Å². The number of hydrogen-bond acceptors (Lipinski definition) is 5. The van der Waals surface area contributed by atoms with Gasteiger partial charge in [-0.05, 0) is 45.0 Å². The first kappa shape index (κ1) is 20.8. The molecule has 0 radical (unpaired) electrons. The van der Waals surface area contributed by atoms with Crippen LogP contribution in [0.1, 0.15) is 20.8 Å². The van der Waals surface area contributed by atoms with Crippen LogP contribution in [0.25, 0.3) is 0 Å². The molecule has 0 bridgehead atoms. The number of piperazine rings is 1. The van der Waals surface area contributed by atoms with Crippen molar-refractivity contribution >= 4 is 33.6 Å². The molecule has 8 heteroatoms. The van der Waals surface area contributed by atoms with E-state index >= 15 is 0 Å². The third-order valence-electron chi connectivity index (χ3n) is 3.74. The van der Waals surface area contributed by atoms with Crippen molar-refractivity contribution in [3.63, 3.8) is 0 Å². The minimum absolute atomic E-state index is 0.0173. The third-order valence-corrected chi connectivity index (χ3v) is 4.27. The van der Waals surface area contributed by atoms with Crippen LogP contribution >= 0.6 is 15.9 Å². The Morgan fingerprint density at radius 2 is 1.78 bits per heavy atom. The number of benzene rings is 1. The average molecular weight is 435 g/mol. The zero-order chi connectivity index (χ0) is 20.0. The first-order chi connectivity index (χ1) is 12.7. The fraction of sp³-hybridized carbons (Fsp3) is 0.421. The van der Waals surface area contributed by atoms with Gasteiger partial charge in [0.1, 0.15) is 17.2 Å². The molecule has 1 aromatic carbocycles. The number of hydrogen-bond donors (Lipinski definition) is 1. The van der Waals surface area contributed by atoms with Gasteiger partial charge in [0.2, 0.25) is 0 Å². The van der Waals surface area contributed by atoms with E-state index in [1.165, 1.54) is 0 Å². The quantitative estimate of drug-likeness (QED) is 0.582. The molecule has 0 aromatic heterocycles. The minimum Gasteiger partial charge on any atom is -0.444 e. The number of halogens is 1. The maximum Gasteiger partial charge on any atom is 0.410 e. The molecule has 144 valence electrons. The number of carbonyl (C=O) groups excluding carboxylic acids is 2. The van der Waals surface area contributed by atoms with Gasteiger partial charge in [-0.1, -0.05) is 15.9 Å². The second kappa shape index (κ2) is 8.91. The summed E-state index contributed by atoms with van der Waals surface area (Å²) in [6.45, 7) is 7.47. The molecule has 1 aliphatic rings. The highest BCUT2D eigenvalue weighted by molar-refractivity contribution is 9.10. The van der Waals surface area contributed by atoms with Crippen LogP contribution in [0.4, 0.5) is 10.5 Å². The summed E-state index contributed by atoms with van der Waals surface area (Å²) < 4.78 is 6.26. The van der Waals surface area contributed by atoms with Gasteiger partial charge in [0.15, 0.2) is 0 Å². The van der Waals surface area contributed by atoms with Crippen molar-refractivity contribution < 1.29 is 14.3 Å². The summed E-state index contributed by atoms with van der Waals surface area (Å²) in [5, 5.41) is 12.0. The Bertz CT molecular complexity index is 755. The largest absolute Gasteiger partial charge is 0.444 e. The summed E-state index contributed by atoms with van der Waals surface area (Å²) in [5.41, 5.74) is 0.0930. The third kappa shape index (κ3) is 6.61. The number of nitrogens with one attached hydrogen (secondary N) is 1. The maximum atomic E-state index is 12.3. The lowest BCUT2D eigenvalue weighted by atomic mass is 10.2. The fourth-order valence-electron chi connectivity index (χ4n) is 2.41. The molecule has 1 N–H and O–H groups in total. The molecule has 1 fully saturated rings. The van der Waals surface area contributed by atoms with Gasteiger partial charge < -0.3 is 19.9 Å². The zero-order valence-electron chi connectivity index (χ0n) is 15.7. The van der Waals surface area contributed by atoms with Crippen molar-refractivity contribution in [2.75, 3.05) is 31.5 Å². The van der Waals surface area contributed by atoms with Crippen LogP contribution in [0.15, 0.2) is 40.5 Å². The SMILES string of the molecule is CC(C)(C)OC(=O)N1CCN(/C=C(/C#N)C(=O)Nc2ccc(Br)cc2)CC1. The van der Waals surface area contributed by atoms with Gasteiger partial charge in [0.05, 0.1) is 0 Å². The highest BCUT2D eigenvalue weighted by atomic mass is 79.9. The Morgan fingerprint density at radius 1 is 1.19 bits per heavy atom.